The standard InChI is InChI=1S/C17H18N2O5/c1-10(17(23)24)8-18(11-6-7-11)14(20)9-19-15(21)12-4-2-3-5-13(12)16(19)22/h2-5,10-11H,6-9H2,1H3,(H,23,24). The van der Waals surface area contributed by atoms with E-state index in [9.17, 15) is 19.2 Å². The summed E-state index contributed by atoms with van der Waals surface area (Å²) in [4.78, 5) is 50.7. The molecule has 1 aromatic carbocycles. The summed E-state index contributed by atoms with van der Waals surface area (Å²) in [5.41, 5.74) is 0.597. The van der Waals surface area contributed by atoms with Crippen molar-refractivity contribution in [2.24, 2.45) is 5.92 Å². The number of benzene rings is 1. The molecule has 7 heteroatoms. The van der Waals surface area contributed by atoms with Crippen LogP contribution in [0, 0.1) is 5.92 Å². The van der Waals surface area contributed by atoms with E-state index in [2.05, 4.69) is 0 Å². The molecule has 3 rings (SSSR count). The topological polar surface area (TPSA) is 95.0 Å². The number of carboxylic acid groups (broad SMARTS) is 1. The molecule has 0 spiro atoms. The maximum atomic E-state index is 12.6. The van der Waals surface area contributed by atoms with Gasteiger partial charge in [0.05, 0.1) is 17.0 Å². The van der Waals surface area contributed by atoms with Crippen LogP contribution in [-0.2, 0) is 9.59 Å². The summed E-state index contributed by atoms with van der Waals surface area (Å²) < 4.78 is 0. The van der Waals surface area contributed by atoms with Crippen molar-refractivity contribution in [3.63, 3.8) is 0 Å². The van der Waals surface area contributed by atoms with Crippen LogP contribution < -0.4 is 0 Å². The number of carboxylic acids is 1. The third-order valence-electron chi connectivity index (χ3n) is 4.37. The van der Waals surface area contributed by atoms with Crippen LogP contribution in [0.3, 0.4) is 0 Å². The Bertz CT molecular complexity index is 690. The Kier molecular flexibility index (Phi) is 4.09. The lowest BCUT2D eigenvalue weighted by Gasteiger charge is -2.26. The molecule has 1 atom stereocenters. The third-order valence-corrected chi connectivity index (χ3v) is 4.37. The number of carbonyl (C=O) groups is 4. The molecule has 126 valence electrons. The van der Waals surface area contributed by atoms with Crippen LogP contribution in [0.5, 0.6) is 0 Å². The number of amides is 3. The van der Waals surface area contributed by atoms with Gasteiger partial charge in [0.25, 0.3) is 11.8 Å². The average molecular weight is 330 g/mol. The van der Waals surface area contributed by atoms with Crippen molar-refractivity contribution in [1.29, 1.82) is 0 Å². The fourth-order valence-corrected chi connectivity index (χ4v) is 2.82. The minimum absolute atomic E-state index is 0.00878. The predicted molar refractivity (Wildman–Crippen MR) is 83.3 cm³/mol. The van der Waals surface area contributed by atoms with Crippen molar-refractivity contribution in [3.8, 4) is 0 Å². The van der Waals surface area contributed by atoms with Crippen molar-refractivity contribution in [3.05, 3.63) is 35.4 Å². The van der Waals surface area contributed by atoms with Gasteiger partial charge < -0.3 is 10.0 Å². The molecular formula is C17H18N2O5. The lowest BCUT2D eigenvalue weighted by molar-refractivity contribution is -0.143. The summed E-state index contributed by atoms with van der Waals surface area (Å²) in [5, 5.41) is 9.04. The zero-order valence-corrected chi connectivity index (χ0v) is 13.3. The van der Waals surface area contributed by atoms with E-state index in [4.69, 9.17) is 5.11 Å². The molecule has 1 heterocycles. The first kappa shape index (κ1) is 16.2. The third kappa shape index (κ3) is 2.89. The highest BCUT2D eigenvalue weighted by molar-refractivity contribution is 6.22. The van der Waals surface area contributed by atoms with E-state index in [0.717, 1.165) is 17.7 Å². The van der Waals surface area contributed by atoms with Gasteiger partial charge in [0.2, 0.25) is 5.91 Å². The first-order valence-corrected chi connectivity index (χ1v) is 7.87. The van der Waals surface area contributed by atoms with E-state index in [0.29, 0.717) is 11.1 Å². The highest BCUT2D eigenvalue weighted by Gasteiger charge is 2.40. The summed E-state index contributed by atoms with van der Waals surface area (Å²) in [6.45, 7) is 1.27. The Labute approximate surface area is 138 Å². The smallest absolute Gasteiger partial charge is 0.308 e. The van der Waals surface area contributed by atoms with Gasteiger partial charge in [0, 0.05) is 12.6 Å². The summed E-state index contributed by atoms with van der Waals surface area (Å²) in [5.74, 6) is -3.03. The minimum atomic E-state index is -0.978. The Hall–Kier alpha value is -2.70. The van der Waals surface area contributed by atoms with Crippen molar-refractivity contribution < 1.29 is 24.3 Å². The predicted octanol–water partition coefficient (Wildman–Crippen LogP) is 0.994. The zero-order valence-electron chi connectivity index (χ0n) is 13.3. The Morgan fingerprint density at radius 3 is 2.21 bits per heavy atom. The van der Waals surface area contributed by atoms with Crippen molar-refractivity contribution in [1.82, 2.24) is 9.80 Å². The second-order valence-electron chi connectivity index (χ2n) is 6.26. The molecule has 1 N–H and O–H groups in total. The normalized spacial score (nSPS) is 17.6. The van der Waals surface area contributed by atoms with E-state index < -0.39 is 23.7 Å². The molecule has 1 saturated carbocycles. The number of fused-ring (bicyclic) bond motifs is 1. The Morgan fingerprint density at radius 1 is 1.21 bits per heavy atom. The van der Waals surface area contributed by atoms with Gasteiger partial charge in [-0.3, -0.25) is 24.1 Å². The van der Waals surface area contributed by atoms with Gasteiger partial charge in [-0.2, -0.15) is 0 Å². The van der Waals surface area contributed by atoms with Crippen molar-refractivity contribution in [2.75, 3.05) is 13.1 Å². The van der Waals surface area contributed by atoms with Crippen LogP contribution in [0.1, 0.15) is 40.5 Å². The average Bonchev–Trinajstić information content (AvgIpc) is 3.37. The second-order valence-corrected chi connectivity index (χ2v) is 6.26. The van der Waals surface area contributed by atoms with Gasteiger partial charge in [-0.25, -0.2) is 0 Å². The number of carbonyl (C=O) groups excluding carboxylic acids is 3. The summed E-state index contributed by atoms with van der Waals surface area (Å²) in [7, 11) is 0. The molecule has 1 aliphatic heterocycles. The van der Waals surface area contributed by atoms with E-state index in [1.54, 1.807) is 24.3 Å². The number of hydrogen-bond acceptors (Lipinski definition) is 4. The monoisotopic (exact) mass is 330 g/mol. The van der Waals surface area contributed by atoms with Gasteiger partial charge in [-0.05, 0) is 25.0 Å². The zero-order chi connectivity index (χ0) is 17.4. The number of nitrogens with zero attached hydrogens (tertiary/aromatic N) is 2. The molecule has 7 nitrogen and oxygen atoms in total. The van der Waals surface area contributed by atoms with Gasteiger partial charge in [0.15, 0.2) is 0 Å². The van der Waals surface area contributed by atoms with Gasteiger partial charge >= 0.3 is 5.97 Å². The molecule has 1 unspecified atom stereocenters. The number of rotatable bonds is 6. The van der Waals surface area contributed by atoms with Gasteiger partial charge in [0.1, 0.15) is 6.54 Å². The van der Waals surface area contributed by atoms with Crippen molar-refractivity contribution in [2.45, 2.75) is 25.8 Å². The molecule has 0 aromatic heterocycles. The molecule has 24 heavy (non-hydrogen) atoms. The Balaban J connectivity index is 1.73. The highest BCUT2D eigenvalue weighted by atomic mass is 16.4. The Morgan fingerprint density at radius 2 is 1.75 bits per heavy atom. The summed E-state index contributed by atoms with van der Waals surface area (Å²) in [6, 6.07) is 6.46. The lowest BCUT2D eigenvalue weighted by atomic mass is 10.1. The molecule has 2 aliphatic rings. The SMILES string of the molecule is CC(CN(C(=O)CN1C(=O)c2ccccc2C1=O)C1CC1)C(=O)O. The first-order chi connectivity index (χ1) is 11.4. The summed E-state index contributed by atoms with van der Waals surface area (Å²) >= 11 is 0. The largest absolute Gasteiger partial charge is 0.481 e. The molecule has 0 bridgehead atoms. The van der Waals surface area contributed by atoms with Crippen LogP contribution in [0.25, 0.3) is 0 Å². The maximum Gasteiger partial charge on any atom is 0.308 e. The molecule has 0 saturated heterocycles. The molecule has 0 radical (unpaired) electrons. The fraction of sp³-hybridized carbons (Fsp3) is 0.412. The first-order valence-electron chi connectivity index (χ1n) is 7.87. The highest BCUT2D eigenvalue weighted by Crippen LogP contribution is 2.29. The molecule has 1 aliphatic carbocycles. The number of hydrogen-bond donors (Lipinski definition) is 1. The molecule has 1 aromatic rings. The van der Waals surface area contributed by atoms with Crippen LogP contribution in [0.15, 0.2) is 24.3 Å². The van der Waals surface area contributed by atoms with Gasteiger partial charge in [-0.15, -0.1) is 0 Å². The van der Waals surface area contributed by atoms with E-state index in [1.807, 2.05) is 0 Å². The lowest BCUT2D eigenvalue weighted by Crippen LogP contribution is -2.45. The second kappa shape index (κ2) is 6.07. The van der Waals surface area contributed by atoms with Crippen LogP contribution in [-0.4, -0.2) is 57.7 Å². The van der Waals surface area contributed by atoms with E-state index >= 15 is 0 Å². The van der Waals surface area contributed by atoms with Gasteiger partial charge in [-0.1, -0.05) is 19.1 Å². The molecular weight excluding hydrogens is 312 g/mol. The fourth-order valence-electron chi connectivity index (χ4n) is 2.82. The van der Waals surface area contributed by atoms with Crippen LogP contribution >= 0.6 is 0 Å². The maximum absolute atomic E-state index is 12.6. The molecule has 1 fully saturated rings. The van der Waals surface area contributed by atoms with Crippen molar-refractivity contribution >= 4 is 23.7 Å². The van der Waals surface area contributed by atoms with Crippen LogP contribution in [0.2, 0.25) is 0 Å². The number of imide groups is 1. The van der Waals surface area contributed by atoms with Crippen LogP contribution in [0.4, 0.5) is 0 Å². The number of aliphatic carboxylic acids is 1. The summed E-state index contributed by atoms with van der Waals surface area (Å²) in [6.07, 6.45) is 1.64. The van der Waals surface area contributed by atoms with E-state index in [1.165, 1.54) is 11.8 Å². The molecule has 3 amide bonds. The minimum Gasteiger partial charge on any atom is -0.481 e. The van der Waals surface area contributed by atoms with E-state index in [-0.39, 0.29) is 25.0 Å². The quantitative estimate of drug-likeness (QED) is 0.785.